The molecule has 0 aromatic carbocycles. The Hall–Kier alpha value is -2.57. The average molecular weight is 475 g/mol. The summed E-state index contributed by atoms with van der Waals surface area (Å²) in [5, 5.41) is 28.7. The summed E-state index contributed by atoms with van der Waals surface area (Å²) in [6.45, 7) is 8.18. The number of aromatic nitrogens is 3. The molecule has 0 radical (unpaired) electrons. The summed E-state index contributed by atoms with van der Waals surface area (Å²) in [4.78, 5) is 18.2. The van der Waals surface area contributed by atoms with Crippen LogP contribution in [0.4, 0.5) is 10.7 Å². The van der Waals surface area contributed by atoms with Gasteiger partial charge in [0.1, 0.15) is 17.2 Å². The number of aliphatic hydroxyl groups excluding tert-OH is 1. The van der Waals surface area contributed by atoms with E-state index in [-0.39, 0.29) is 18.0 Å². The summed E-state index contributed by atoms with van der Waals surface area (Å²) in [5.74, 6) is 0.347. The molecule has 1 amide bonds. The number of carbonyl (C=O) groups excluding carboxylic acids is 1. The van der Waals surface area contributed by atoms with Crippen LogP contribution in [0, 0.1) is 11.3 Å². The molecular weight excluding hydrogens is 444 g/mol. The number of nitrogens with zero attached hydrogens (tertiary/aromatic N) is 5. The number of hydrogen-bond donors (Lipinski definition) is 2. The maximum Gasteiger partial charge on any atom is 0.410 e. The summed E-state index contributed by atoms with van der Waals surface area (Å²) in [6, 6.07) is 1.95. The normalized spacial score (nSPS) is 22.5. The maximum absolute atomic E-state index is 12.3. The minimum Gasteiger partial charge on any atom is -0.444 e. The lowest BCUT2D eigenvalue weighted by molar-refractivity contribution is 0.00112. The minimum atomic E-state index is -0.804. The van der Waals surface area contributed by atoms with Gasteiger partial charge in [0.2, 0.25) is 5.95 Å². The van der Waals surface area contributed by atoms with Crippen molar-refractivity contribution in [2.75, 3.05) is 18.4 Å². The van der Waals surface area contributed by atoms with E-state index in [1.54, 1.807) is 10.7 Å². The first-order valence-corrected chi connectivity index (χ1v) is 11.9. The molecule has 10 heteroatoms. The second-order valence-electron chi connectivity index (χ2n) is 10.0. The highest BCUT2D eigenvalue weighted by Crippen LogP contribution is 2.49. The van der Waals surface area contributed by atoms with Crippen molar-refractivity contribution in [3.63, 3.8) is 0 Å². The summed E-state index contributed by atoms with van der Waals surface area (Å²) in [6.07, 6.45) is 4.90. The van der Waals surface area contributed by atoms with E-state index in [1.165, 1.54) is 4.90 Å². The first-order chi connectivity index (χ1) is 15.6. The van der Waals surface area contributed by atoms with Gasteiger partial charge in [-0.2, -0.15) is 5.26 Å². The van der Waals surface area contributed by atoms with E-state index in [0.717, 1.165) is 31.4 Å². The number of nitrogens with one attached hydrogen (secondary N) is 1. The van der Waals surface area contributed by atoms with Crippen LogP contribution in [0.2, 0.25) is 5.02 Å². The molecule has 2 N–H and O–H groups in total. The van der Waals surface area contributed by atoms with Crippen molar-refractivity contribution in [3.8, 4) is 6.07 Å². The van der Waals surface area contributed by atoms with E-state index in [2.05, 4.69) is 28.4 Å². The number of piperidine rings is 1. The Bertz CT molecular complexity index is 1090. The lowest BCUT2D eigenvalue weighted by Crippen LogP contribution is -2.52. The smallest absolute Gasteiger partial charge is 0.410 e. The van der Waals surface area contributed by atoms with Gasteiger partial charge in [-0.05, 0) is 46.5 Å². The molecular formula is C23H31ClN6O3. The first-order valence-electron chi connectivity index (χ1n) is 11.5. The number of carbonyl (C=O) groups is 1. The molecule has 1 saturated carbocycles. The molecule has 2 aromatic heterocycles. The van der Waals surface area contributed by atoms with Crippen molar-refractivity contribution in [3.05, 3.63) is 22.5 Å². The van der Waals surface area contributed by atoms with Gasteiger partial charge in [0, 0.05) is 12.0 Å². The molecule has 2 aromatic rings. The second kappa shape index (κ2) is 8.65. The Morgan fingerprint density at radius 2 is 2.18 bits per heavy atom. The maximum atomic E-state index is 12.3. The number of amides is 1. The Morgan fingerprint density at radius 3 is 2.73 bits per heavy atom. The van der Waals surface area contributed by atoms with Gasteiger partial charge in [0.15, 0.2) is 0 Å². The number of fused-ring (bicyclic) bond motifs is 1. The van der Waals surface area contributed by atoms with Crippen molar-refractivity contribution in [2.24, 2.45) is 0 Å². The van der Waals surface area contributed by atoms with Crippen LogP contribution in [0.1, 0.15) is 71.1 Å². The molecule has 0 spiro atoms. The van der Waals surface area contributed by atoms with Crippen LogP contribution < -0.4 is 5.32 Å². The quantitative estimate of drug-likeness (QED) is 0.690. The van der Waals surface area contributed by atoms with Gasteiger partial charge in [0.25, 0.3) is 0 Å². The standard InChI is InChI=1S/C23H31ClN6O3/c1-5-23(8-6-9-23)19-14(11-25)18(24)16-12-26-20(28-30(16)19)27-15-7-10-29(13-17(15)31)21(32)33-22(2,3)4/h12,15,17,31H,5-10,13H2,1-4H3,(H,27,28). The zero-order valence-corrected chi connectivity index (χ0v) is 20.3. The molecule has 2 fully saturated rings. The third-order valence-corrected chi connectivity index (χ3v) is 7.16. The fraction of sp³-hybridized carbons (Fsp3) is 0.652. The third-order valence-electron chi connectivity index (χ3n) is 6.77. The zero-order valence-electron chi connectivity index (χ0n) is 19.6. The van der Waals surface area contributed by atoms with Crippen molar-refractivity contribution >= 4 is 29.2 Å². The van der Waals surface area contributed by atoms with E-state index < -0.39 is 17.8 Å². The summed E-state index contributed by atoms with van der Waals surface area (Å²) in [7, 11) is 0. The van der Waals surface area contributed by atoms with Gasteiger partial charge in [-0.25, -0.2) is 14.3 Å². The Balaban J connectivity index is 1.56. The predicted octanol–water partition coefficient (Wildman–Crippen LogP) is 3.87. The predicted molar refractivity (Wildman–Crippen MR) is 124 cm³/mol. The van der Waals surface area contributed by atoms with Gasteiger partial charge in [-0.3, -0.25) is 0 Å². The molecule has 9 nitrogen and oxygen atoms in total. The van der Waals surface area contributed by atoms with Crippen molar-refractivity contribution in [2.45, 2.75) is 83.0 Å². The van der Waals surface area contributed by atoms with Crippen LogP contribution in [0.3, 0.4) is 0 Å². The number of nitriles is 1. The van der Waals surface area contributed by atoms with Crippen molar-refractivity contribution in [1.82, 2.24) is 19.5 Å². The Labute approximate surface area is 198 Å². The summed E-state index contributed by atoms with van der Waals surface area (Å²) < 4.78 is 7.16. The van der Waals surface area contributed by atoms with Crippen LogP contribution in [-0.2, 0) is 10.2 Å². The molecule has 1 aliphatic heterocycles. The van der Waals surface area contributed by atoms with E-state index in [4.69, 9.17) is 16.3 Å². The molecule has 33 heavy (non-hydrogen) atoms. The van der Waals surface area contributed by atoms with Crippen LogP contribution in [0.25, 0.3) is 5.52 Å². The number of halogens is 1. The minimum absolute atomic E-state index is 0.106. The molecule has 0 bridgehead atoms. The molecule has 1 saturated heterocycles. The first kappa shape index (κ1) is 23.6. The number of aliphatic hydroxyl groups is 1. The molecule has 178 valence electrons. The molecule has 2 aliphatic rings. The average Bonchev–Trinajstić information content (AvgIpc) is 2.99. The van der Waals surface area contributed by atoms with Crippen LogP contribution in [-0.4, -0.2) is 61.5 Å². The molecule has 1 aliphatic carbocycles. The second-order valence-corrected chi connectivity index (χ2v) is 10.4. The van der Waals surface area contributed by atoms with Gasteiger partial charge < -0.3 is 20.1 Å². The molecule has 3 heterocycles. The van der Waals surface area contributed by atoms with Gasteiger partial charge in [0.05, 0.1) is 41.2 Å². The van der Waals surface area contributed by atoms with Gasteiger partial charge >= 0.3 is 6.09 Å². The van der Waals surface area contributed by atoms with E-state index >= 15 is 0 Å². The van der Waals surface area contributed by atoms with Crippen LogP contribution in [0.5, 0.6) is 0 Å². The van der Waals surface area contributed by atoms with Gasteiger partial charge in [-0.15, -0.1) is 5.10 Å². The third kappa shape index (κ3) is 4.34. The van der Waals surface area contributed by atoms with Crippen molar-refractivity contribution < 1.29 is 14.6 Å². The summed E-state index contributed by atoms with van der Waals surface area (Å²) >= 11 is 6.53. The summed E-state index contributed by atoms with van der Waals surface area (Å²) in [5.41, 5.74) is 1.23. The molecule has 2 unspecified atom stereocenters. The Morgan fingerprint density at radius 1 is 1.45 bits per heavy atom. The number of ether oxygens (including phenoxy) is 1. The highest BCUT2D eigenvalue weighted by molar-refractivity contribution is 6.35. The lowest BCUT2D eigenvalue weighted by atomic mass is 9.64. The van der Waals surface area contributed by atoms with Crippen LogP contribution >= 0.6 is 11.6 Å². The van der Waals surface area contributed by atoms with Crippen molar-refractivity contribution in [1.29, 1.82) is 5.26 Å². The SMILES string of the molecule is CCC1(c2c(C#N)c(Cl)c3cnc(NC4CCN(C(=O)OC(C)(C)C)CC4O)nn23)CCC1. The number of likely N-dealkylation sites (tertiary alicyclic amines) is 1. The topological polar surface area (TPSA) is 116 Å². The highest BCUT2D eigenvalue weighted by Gasteiger charge is 2.43. The van der Waals surface area contributed by atoms with Crippen LogP contribution in [0.15, 0.2) is 6.20 Å². The number of β-amino-alcohol motifs (C(OH)–C–C–N with tert-alkyl or cyclic N) is 1. The number of anilines is 1. The van der Waals surface area contributed by atoms with E-state index in [9.17, 15) is 15.2 Å². The fourth-order valence-corrected chi connectivity index (χ4v) is 5.05. The Kier molecular flexibility index (Phi) is 6.18. The fourth-order valence-electron chi connectivity index (χ4n) is 4.79. The molecule has 2 atom stereocenters. The monoisotopic (exact) mass is 474 g/mol. The number of hydrogen-bond acceptors (Lipinski definition) is 7. The highest BCUT2D eigenvalue weighted by atomic mass is 35.5. The largest absolute Gasteiger partial charge is 0.444 e. The number of rotatable bonds is 4. The van der Waals surface area contributed by atoms with E-state index in [1.807, 2.05) is 20.8 Å². The lowest BCUT2D eigenvalue weighted by Gasteiger charge is -2.41. The van der Waals surface area contributed by atoms with E-state index in [0.29, 0.717) is 35.0 Å². The van der Waals surface area contributed by atoms with Gasteiger partial charge in [-0.1, -0.05) is 24.9 Å². The zero-order chi connectivity index (χ0) is 24.0. The molecule has 4 rings (SSSR count).